The van der Waals surface area contributed by atoms with E-state index in [1.165, 1.54) is 11.3 Å². The summed E-state index contributed by atoms with van der Waals surface area (Å²) in [6.45, 7) is 4.89. The number of fused-ring (bicyclic) bond motifs is 2. The fourth-order valence-corrected chi connectivity index (χ4v) is 5.43. The van der Waals surface area contributed by atoms with Crippen molar-refractivity contribution in [2.45, 2.75) is 6.92 Å². The number of anilines is 2. The number of oxazole rings is 1. The van der Waals surface area contributed by atoms with Crippen LogP contribution in [0.25, 0.3) is 20.6 Å². The molecule has 1 aliphatic heterocycles. The van der Waals surface area contributed by atoms with Crippen LogP contribution in [-0.2, 0) is 4.74 Å². The zero-order valence-electron chi connectivity index (χ0n) is 14.8. The Morgan fingerprint density at radius 2 is 2.04 bits per heavy atom. The minimum atomic E-state index is -0.218. The molecule has 3 aromatic heterocycles. The number of hydrogen-bond donors (Lipinski definition) is 1. The molecule has 10 heteroatoms. The van der Waals surface area contributed by atoms with Crippen LogP contribution in [0.3, 0.4) is 0 Å². The number of carbonyl (C=O) groups is 1. The molecule has 0 radical (unpaired) electrons. The molecule has 7 nitrogen and oxygen atoms in total. The van der Waals surface area contributed by atoms with Gasteiger partial charge in [-0.15, -0.1) is 11.3 Å². The third-order valence-corrected chi connectivity index (χ3v) is 6.95. The third kappa shape index (κ3) is 3.24. The van der Waals surface area contributed by atoms with Crippen molar-refractivity contribution >= 4 is 71.6 Å². The number of halogens is 1. The number of amides is 1. The molecule has 0 spiro atoms. The van der Waals surface area contributed by atoms with E-state index in [9.17, 15) is 4.79 Å². The van der Waals surface area contributed by atoms with E-state index in [-0.39, 0.29) is 5.91 Å². The maximum absolute atomic E-state index is 12.7. The maximum Gasteiger partial charge on any atom is 0.265 e. The number of carbonyl (C=O) groups excluding carboxylic acids is 1. The zero-order chi connectivity index (χ0) is 19.3. The largest absolute Gasteiger partial charge is 0.441 e. The average molecular weight is 435 g/mol. The van der Waals surface area contributed by atoms with Crippen molar-refractivity contribution in [3.8, 4) is 0 Å². The number of ether oxygens (including phenoxy) is 1. The highest BCUT2D eigenvalue weighted by molar-refractivity contribution is 7.29. The molecule has 1 aliphatic rings. The quantitative estimate of drug-likeness (QED) is 0.509. The molecule has 1 saturated heterocycles. The molecule has 144 valence electrons. The highest BCUT2D eigenvalue weighted by Crippen LogP contribution is 2.36. The smallest absolute Gasteiger partial charge is 0.265 e. The Balaban J connectivity index is 1.38. The molecule has 1 aromatic carbocycles. The van der Waals surface area contributed by atoms with Crippen LogP contribution in [-0.4, -0.2) is 42.2 Å². The van der Waals surface area contributed by atoms with E-state index < -0.39 is 0 Å². The van der Waals surface area contributed by atoms with Gasteiger partial charge in [-0.3, -0.25) is 4.79 Å². The van der Waals surface area contributed by atoms with Crippen molar-refractivity contribution in [2.75, 3.05) is 36.5 Å². The van der Waals surface area contributed by atoms with E-state index in [4.69, 9.17) is 20.8 Å². The number of nitrogens with zero attached hydrogens (tertiary/aromatic N) is 3. The summed E-state index contributed by atoms with van der Waals surface area (Å²) in [6, 6.07) is 5.26. The van der Waals surface area contributed by atoms with Gasteiger partial charge in [0.15, 0.2) is 16.6 Å². The number of aromatic nitrogens is 2. The van der Waals surface area contributed by atoms with Crippen LogP contribution in [0, 0.1) is 6.92 Å². The second-order valence-electron chi connectivity index (χ2n) is 6.36. The van der Waals surface area contributed by atoms with Crippen LogP contribution in [0.2, 0.25) is 5.02 Å². The van der Waals surface area contributed by atoms with Crippen molar-refractivity contribution in [3.63, 3.8) is 0 Å². The topological polar surface area (TPSA) is 80.5 Å². The van der Waals surface area contributed by atoms with Crippen LogP contribution in [0.5, 0.6) is 0 Å². The first-order valence-corrected chi connectivity index (χ1v) is 10.7. The van der Waals surface area contributed by atoms with Crippen LogP contribution in [0.4, 0.5) is 10.8 Å². The number of benzene rings is 1. The minimum absolute atomic E-state index is 0.218. The molecule has 1 N–H and O–H groups in total. The van der Waals surface area contributed by atoms with Crippen LogP contribution < -0.4 is 10.2 Å². The summed E-state index contributed by atoms with van der Waals surface area (Å²) in [4.78, 5) is 25.4. The summed E-state index contributed by atoms with van der Waals surface area (Å²) in [7, 11) is 0. The van der Waals surface area contributed by atoms with E-state index >= 15 is 0 Å². The number of morpholine rings is 1. The van der Waals surface area contributed by atoms with Gasteiger partial charge in [0.1, 0.15) is 10.3 Å². The highest BCUT2D eigenvalue weighted by Gasteiger charge is 2.19. The van der Waals surface area contributed by atoms with Gasteiger partial charge >= 0.3 is 0 Å². The zero-order valence-corrected chi connectivity index (χ0v) is 17.2. The summed E-state index contributed by atoms with van der Waals surface area (Å²) in [5.41, 5.74) is 1.75. The molecule has 0 unspecified atom stereocenters. The summed E-state index contributed by atoms with van der Waals surface area (Å²) in [5, 5.41) is 4.25. The number of thiazole rings is 1. The van der Waals surface area contributed by atoms with E-state index in [1.54, 1.807) is 30.4 Å². The fraction of sp³-hybridized carbons (Fsp3) is 0.278. The first-order chi connectivity index (χ1) is 13.6. The standard InChI is InChI=1S/C18H15ClN4O3S2/c1-9-20-12-7-11(10(19)6-13(12)26-9)21-16(24)14-8-15-17(27-14)22-18(28-15)23-2-4-25-5-3-23/h6-8H,2-5H2,1H3,(H,21,24). The Hall–Kier alpha value is -2.20. The Bertz CT molecular complexity index is 1160. The van der Waals surface area contributed by atoms with Crippen molar-refractivity contribution in [3.05, 3.63) is 34.0 Å². The molecule has 4 heterocycles. The van der Waals surface area contributed by atoms with Gasteiger partial charge in [-0.1, -0.05) is 22.9 Å². The Labute approximate surface area is 172 Å². The molecule has 4 aromatic rings. The highest BCUT2D eigenvalue weighted by atomic mass is 35.5. The third-order valence-electron chi connectivity index (χ3n) is 4.42. The van der Waals surface area contributed by atoms with Gasteiger partial charge in [-0.05, 0) is 12.1 Å². The van der Waals surface area contributed by atoms with Gasteiger partial charge < -0.3 is 19.4 Å². The monoisotopic (exact) mass is 434 g/mol. The van der Waals surface area contributed by atoms with Crippen molar-refractivity contribution in [1.82, 2.24) is 9.97 Å². The lowest BCUT2D eigenvalue weighted by atomic mass is 10.2. The number of rotatable bonds is 3. The van der Waals surface area contributed by atoms with Crippen LogP contribution in [0.15, 0.2) is 22.6 Å². The summed E-state index contributed by atoms with van der Waals surface area (Å²) >= 11 is 9.26. The number of aryl methyl sites for hydroxylation is 1. The predicted molar refractivity (Wildman–Crippen MR) is 112 cm³/mol. The number of hydrogen-bond acceptors (Lipinski definition) is 8. The fourth-order valence-electron chi connectivity index (χ4n) is 3.07. The summed E-state index contributed by atoms with van der Waals surface area (Å²) in [6.07, 6.45) is 0. The van der Waals surface area contributed by atoms with E-state index in [1.807, 2.05) is 6.07 Å². The second kappa shape index (κ2) is 7.00. The molecule has 1 amide bonds. The predicted octanol–water partition coefficient (Wildman–Crippen LogP) is 4.55. The molecular weight excluding hydrogens is 420 g/mol. The summed E-state index contributed by atoms with van der Waals surface area (Å²) in [5.74, 6) is 0.333. The molecule has 0 bridgehead atoms. The van der Waals surface area contributed by atoms with Gasteiger partial charge in [0.2, 0.25) is 0 Å². The van der Waals surface area contributed by atoms with Crippen molar-refractivity contribution in [1.29, 1.82) is 0 Å². The Morgan fingerprint density at radius 3 is 2.82 bits per heavy atom. The van der Waals surface area contributed by atoms with Gasteiger partial charge in [0, 0.05) is 26.1 Å². The SMILES string of the molecule is Cc1nc2cc(NC(=O)c3cc4sc(N5CCOCC5)nc4s3)c(Cl)cc2o1. The Kier molecular flexibility index (Phi) is 4.47. The normalized spacial score (nSPS) is 14.9. The maximum atomic E-state index is 12.7. The number of nitrogens with one attached hydrogen (secondary N) is 1. The van der Waals surface area contributed by atoms with E-state index in [2.05, 4.69) is 20.2 Å². The molecule has 1 fully saturated rings. The van der Waals surface area contributed by atoms with Crippen LogP contribution >= 0.6 is 34.3 Å². The average Bonchev–Trinajstić information content (AvgIpc) is 3.34. The van der Waals surface area contributed by atoms with Gasteiger partial charge in [0.25, 0.3) is 5.91 Å². The minimum Gasteiger partial charge on any atom is -0.441 e. The first-order valence-electron chi connectivity index (χ1n) is 8.68. The van der Waals surface area contributed by atoms with Crippen LogP contribution in [0.1, 0.15) is 15.6 Å². The van der Waals surface area contributed by atoms with E-state index in [0.717, 1.165) is 41.0 Å². The van der Waals surface area contributed by atoms with Gasteiger partial charge in [-0.2, -0.15) is 0 Å². The molecule has 28 heavy (non-hydrogen) atoms. The molecular formula is C18H15ClN4O3S2. The number of thiophene rings is 1. The summed E-state index contributed by atoms with van der Waals surface area (Å²) < 4.78 is 11.8. The molecule has 0 saturated carbocycles. The molecule has 0 aliphatic carbocycles. The second-order valence-corrected chi connectivity index (χ2v) is 8.81. The lowest BCUT2D eigenvalue weighted by molar-refractivity contribution is 0.103. The van der Waals surface area contributed by atoms with Gasteiger partial charge in [-0.25, -0.2) is 9.97 Å². The van der Waals surface area contributed by atoms with E-state index in [0.29, 0.717) is 32.6 Å². The lowest BCUT2D eigenvalue weighted by Crippen LogP contribution is -2.36. The van der Waals surface area contributed by atoms with Gasteiger partial charge in [0.05, 0.1) is 33.5 Å². The first kappa shape index (κ1) is 17.9. The van der Waals surface area contributed by atoms with Crippen molar-refractivity contribution in [2.24, 2.45) is 0 Å². The molecule has 5 rings (SSSR count). The Morgan fingerprint density at radius 1 is 1.21 bits per heavy atom. The van der Waals surface area contributed by atoms with Crippen molar-refractivity contribution < 1.29 is 13.9 Å². The molecule has 0 atom stereocenters. The lowest BCUT2D eigenvalue weighted by Gasteiger charge is -2.25.